The van der Waals surface area contributed by atoms with Crippen LogP contribution >= 0.6 is 0 Å². The minimum absolute atomic E-state index is 0.0916. The molecule has 3 saturated carbocycles. The summed E-state index contributed by atoms with van der Waals surface area (Å²) in [4.78, 5) is 23.9. The molecule has 2 bridgehead atoms. The summed E-state index contributed by atoms with van der Waals surface area (Å²) >= 11 is 0. The van der Waals surface area contributed by atoms with E-state index in [9.17, 15) is 9.59 Å². The number of hydrogen-bond acceptors (Lipinski definition) is 2. The minimum atomic E-state index is -0.353. The minimum Gasteiger partial charge on any atom is -0.303 e. The van der Waals surface area contributed by atoms with Crippen LogP contribution < -0.4 is 0 Å². The zero-order chi connectivity index (χ0) is 13.3. The Morgan fingerprint density at radius 2 is 1.83 bits per heavy atom. The van der Waals surface area contributed by atoms with E-state index in [-0.39, 0.29) is 33.9 Å². The molecule has 3 aliphatic rings. The predicted octanol–water partition coefficient (Wildman–Crippen LogP) is 3.24. The molecule has 3 fully saturated rings. The summed E-state index contributed by atoms with van der Waals surface area (Å²) in [5.74, 6) is 0.685. The third kappa shape index (κ3) is 1.15. The number of carbonyl (C=O) groups is 2. The maximum Gasteiger partial charge on any atom is 0.147 e. The Morgan fingerprint density at radius 3 is 2.44 bits per heavy atom. The second-order valence-electron chi connectivity index (χ2n) is 8.08. The predicted molar refractivity (Wildman–Crippen MR) is 70.0 cm³/mol. The van der Waals surface area contributed by atoms with Crippen LogP contribution in [0.5, 0.6) is 0 Å². The first-order chi connectivity index (χ1) is 8.26. The third-order valence-corrected chi connectivity index (χ3v) is 6.79. The van der Waals surface area contributed by atoms with Gasteiger partial charge in [0.25, 0.3) is 0 Å². The molecule has 0 saturated heterocycles. The number of carbonyl (C=O) groups excluding carboxylic acids is 2. The molecule has 0 aromatic rings. The van der Waals surface area contributed by atoms with Gasteiger partial charge >= 0.3 is 0 Å². The van der Waals surface area contributed by atoms with Crippen molar-refractivity contribution in [2.24, 2.45) is 34.0 Å². The van der Waals surface area contributed by atoms with Gasteiger partial charge in [0.1, 0.15) is 12.1 Å². The van der Waals surface area contributed by atoms with E-state index in [2.05, 4.69) is 27.7 Å². The van der Waals surface area contributed by atoms with Gasteiger partial charge in [-0.25, -0.2) is 0 Å². The molecule has 0 radical (unpaired) electrons. The average Bonchev–Trinajstić information content (AvgIpc) is 2.79. The van der Waals surface area contributed by atoms with Crippen LogP contribution in [0.2, 0.25) is 0 Å². The summed E-state index contributed by atoms with van der Waals surface area (Å²) in [6.07, 6.45) is 5.32. The van der Waals surface area contributed by atoms with Crippen molar-refractivity contribution >= 4 is 12.1 Å². The summed E-state index contributed by atoms with van der Waals surface area (Å²) < 4.78 is 0. The largest absolute Gasteiger partial charge is 0.303 e. The van der Waals surface area contributed by atoms with Gasteiger partial charge < -0.3 is 4.79 Å². The van der Waals surface area contributed by atoms with Crippen molar-refractivity contribution in [3.63, 3.8) is 0 Å². The highest BCUT2D eigenvalue weighted by Gasteiger charge is 2.71. The van der Waals surface area contributed by atoms with Crippen LogP contribution in [0.3, 0.4) is 0 Å². The second kappa shape index (κ2) is 3.26. The molecule has 0 amide bonds. The second-order valence-corrected chi connectivity index (χ2v) is 8.08. The molecule has 0 N–H and O–H groups in total. The Hall–Kier alpha value is -0.660. The van der Waals surface area contributed by atoms with Gasteiger partial charge in [0.2, 0.25) is 0 Å². The van der Waals surface area contributed by atoms with Crippen molar-refractivity contribution in [3.05, 3.63) is 0 Å². The Morgan fingerprint density at radius 1 is 1.17 bits per heavy atom. The molecule has 3 rings (SSSR count). The molecule has 2 heteroatoms. The van der Waals surface area contributed by atoms with Gasteiger partial charge in [-0.2, -0.15) is 0 Å². The van der Waals surface area contributed by atoms with E-state index in [1.807, 2.05) is 0 Å². The first kappa shape index (κ1) is 12.4. The van der Waals surface area contributed by atoms with E-state index in [1.165, 1.54) is 19.3 Å². The molecule has 0 aliphatic heterocycles. The van der Waals surface area contributed by atoms with Crippen LogP contribution in [0.4, 0.5) is 0 Å². The number of Topliss-reactive ketones (excluding diaryl/α,β-unsaturated/α-hetero) is 1. The topological polar surface area (TPSA) is 34.1 Å². The van der Waals surface area contributed by atoms with Gasteiger partial charge in [0.05, 0.1) is 5.92 Å². The fourth-order valence-electron chi connectivity index (χ4n) is 5.75. The number of fused-ring (bicyclic) bond motifs is 1. The summed E-state index contributed by atoms with van der Waals surface area (Å²) in [6.45, 7) is 9.08. The lowest BCUT2D eigenvalue weighted by molar-refractivity contribution is -0.155. The van der Waals surface area contributed by atoms with E-state index >= 15 is 0 Å². The van der Waals surface area contributed by atoms with Gasteiger partial charge in [-0.05, 0) is 47.8 Å². The molecule has 4 atom stereocenters. The van der Waals surface area contributed by atoms with E-state index < -0.39 is 0 Å². The van der Waals surface area contributed by atoms with E-state index in [4.69, 9.17) is 0 Å². The summed E-state index contributed by atoms with van der Waals surface area (Å²) in [5.41, 5.74) is 0.395. The van der Waals surface area contributed by atoms with Gasteiger partial charge in [0, 0.05) is 5.92 Å². The molecule has 3 aliphatic carbocycles. The highest BCUT2D eigenvalue weighted by Crippen LogP contribution is 2.74. The van der Waals surface area contributed by atoms with Crippen LogP contribution in [-0.4, -0.2) is 12.1 Å². The molecule has 18 heavy (non-hydrogen) atoms. The Bertz CT molecular complexity index is 421. The SMILES string of the molecule is CC1(C)C2CCC3(C2)C1C(=O)C(C=O)CC3(C)C. The third-order valence-electron chi connectivity index (χ3n) is 6.79. The normalized spacial score (nSPS) is 48.0. The molecule has 1 spiro atoms. The first-order valence-electron chi connectivity index (χ1n) is 7.25. The van der Waals surface area contributed by atoms with Crippen molar-refractivity contribution in [1.29, 1.82) is 0 Å². The summed E-state index contributed by atoms with van der Waals surface area (Å²) in [7, 11) is 0. The molecule has 0 aromatic carbocycles. The van der Waals surface area contributed by atoms with Gasteiger partial charge in [-0.15, -0.1) is 0 Å². The lowest BCUT2D eigenvalue weighted by atomic mass is 9.47. The molecular weight excluding hydrogens is 224 g/mol. The van der Waals surface area contributed by atoms with E-state index in [1.54, 1.807) is 0 Å². The molecule has 100 valence electrons. The maximum absolute atomic E-state index is 12.7. The molecule has 0 heterocycles. The lowest BCUT2D eigenvalue weighted by Gasteiger charge is -2.56. The zero-order valence-electron chi connectivity index (χ0n) is 12.0. The summed E-state index contributed by atoms with van der Waals surface area (Å²) in [5, 5.41) is 0. The highest BCUT2D eigenvalue weighted by molar-refractivity contribution is 5.97. The average molecular weight is 248 g/mol. The highest BCUT2D eigenvalue weighted by atomic mass is 16.1. The number of hydrogen-bond donors (Lipinski definition) is 0. The standard InChI is InChI=1S/C16H24O2/c1-14(2)7-10(9-17)12(18)13-15(3,4)11-5-6-16(13,14)8-11/h9-11,13H,5-8H2,1-4H3. The number of rotatable bonds is 1. The fourth-order valence-corrected chi connectivity index (χ4v) is 5.75. The van der Waals surface area contributed by atoms with Crippen LogP contribution in [0.1, 0.15) is 53.4 Å². The smallest absolute Gasteiger partial charge is 0.147 e. The molecule has 4 unspecified atom stereocenters. The van der Waals surface area contributed by atoms with Crippen molar-refractivity contribution < 1.29 is 9.59 Å². The quantitative estimate of drug-likeness (QED) is 0.527. The van der Waals surface area contributed by atoms with Gasteiger partial charge in [0.15, 0.2) is 0 Å². The van der Waals surface area contributed by atoms with Crippen LogP contribution in [-0.2, 0) is 9.59 Å². The van der Waals surface area contributed by atoms with Crippen LogP contribution in [0.25, 0.3) is 0 Å². The van der Waals surface area contributed by atoms with Crippen molar-refractivity contribution in [2.75, 3.05) is 0 Å². The first-order valence-corrected chi connectivity index (χ1v) is 7.25. The Labute approximate surface area is 110 Å². The monoisotopic (exact) mass is 248 g/mol. The van der Waals surface area contributed by atoms with Gasteiger partial charge in [-0.3, -0.25) is 4.79 Å². The molecular formula is C16H24O2. The Kier molecular flexibility index (Phi) is 2.24. The van der Waals surface area contributed by atoms with E-state index in [0.717, 1.165) is 12.7 Å². The maximum atomic E-state index is 12.7. The lowest BCUT2D eigenvalue weighted by Crippen LogP contribution is -2.55. The molecule has 2 nitrogen and oxygen atoms in total. The Balaban J connectivity index is 2.14. The zero-order valence-corrected chi connectivity index (χ0v) is 12.0. The number of aldehydes is 1. The summed E-state index contributed by atoms with van der Waals surface area (Å²) in [6, 6.07) is 0. The van der Waals surface area contributed by atoms with Crippen LogP contribution in [0.15, 0.2) is 0 Å². The number of ketones is 1. The van der Waals surface area contributed by atoms with Crippen LogP contribution in [0, 0.1) is 34.0 Å². The van der Waals surface area contributed by atoms with Crippen molar-refractivity contribution in [3.8, 4) is 0 Å². The van der Waals surface area contributed by atoms with Gasteiger partial charge in [-0.1, -0.05) is 27.7 Å². The van der Waals surface area contributed by atoms with E-state index in [0.29, 0.717) is 5.92 Å². The van der Waals surface area contributed by atoms with Crippen molar-refractivity contribution in [1.82, 2.24) is 0 Å². The van der Waals surface area contributed by atoms with Crippen molar-refractivity contribution in [2.45, 2.75) is 53.4 Å². The molecule has 0 aromatic heterocycles. The fraction of sp³-hybridized carbons (Fsp3) is 0.875.